The van der Waals surface area contributed by atoms with Gasteiger partial charge in [-0.3, -0.25) is 0 Å². The van der Waals surface area contributed by atoms with E-state index in [1.807, 2.05) is 0 Å². The highest BCUT2D eigenvalue weighted by atomic mass is 14.9. The third-order valence-electron chi connectivity index (χ3n) is 3.06. The van der Waals surface area contributed by atoms with E-state index in [0.29, 0.717) is 5.54 Å². The maximum absolute atomic E-state index is 3.45. The first-order valence-electron chi connectivity index (χ1n) is 4.96. The Balaban J connectivity index is 2.37. The number of hydrogen-bond donors (Lipinski definition) is 1. The fourth-order valence-corrected chi connectivity index (χ4v) is 1.94. The van der Waals surface area contributed by atoms with Crippen LogP contribution in [0.3, 0.4) is 0 Å². The van der Waals surface area contributed by atoms with E-state index in [1.165, 1.54) is 44.9 Å². The maximum atomic E-state index is 3.45. The topological polar surface area (TPSA) is 12.0 Å². The molecule has 0 unspecified atom stereocenters. The molecule has 1 saturated carbocycles. The lowest BCUT2D eigenvalue weighted by Crippen LogP contribution is -2.39. The van der Waals surface area contributed by atoms with Gasteiger partial charge in [0.05, 0.1) is 0 Å². The van der Waals surface area contributed by atoms with Gasteiger partial charge in [0.25, 0.3) is 0 Å². The second kappa shape index (κ2) is 4.10. The van der Waals surface area contributed by atoms with Gasteiger partial charge >= 0.3 is 0 Å². The molecule has 1 heteroatoms. The van der Waals surface area contributed by atoms with Crippen molar-refractivity contribution >= 4 is 0 Å². The fraction of sp³-hybridized carbons (Fsp3) is 1.00. The quantitative estimate of drug-likeness (QED) is 0.614. The van der Waals surface area contributed by atoms with E-state index in [4.69, 9.17) is 0 Å². The van der Waals surface area contributed by atoms with Crippen molar-refractivity contribution < 1.29 is 0 Å². The van der Waals surface area contributed by atoms with Gasteiger partial charge in [-0.25, -0.2) is 0 Å². The minimum absolute atomic E-state index is 0.445. The zero-order valence-electron chi connectivity index (χ0n) is 7.95. The first-order chi connectivity index (χ1) is 5.27. The van der Waals surface area contributed by atoms with Crippen molar-refractivity contribution in [2.45, 2.75) is 57.4 Å². The maximum Gasteiger partial charge on any atom is 0.0150 e. The number of hydrogen-bond acceptors (Lipinski definition) is 1. The van der Waals surface area contributed by atoms with E-state index in [2.05, 4.69) is 19.3 Å². The van der Waals surface area contributed by atoms with Crippen LogP contribution >= 0.6 is 0 Å². The second-order valence-electron chi connectivity index (χ2n) is 4.08. The summed E-state index contributed by atoms with van der Waals surface area (Å²) in [6.45, 7) is 2.36. The summed E-state index contributed by atoms with van der Waals surface area (Å²) in [6, 6.07) is 0. The van der Waals surface area contributed by atoms with Gasteiger partial charge in [-0.15, -0.1) is 0 Å². The fourth-order valence-electron chi connectivity index (χ4n) is 1.94. The average molecular weight is 155 g/mol. The van der Waals surface area contributed by atoms with Gasteiger partial charge in [0, 0.05) is 5.54 Å². The molecule has 0 aliphatic heterocycles. The SMILES string of the molecule is CNC1(C)CCCCCCC1. The second-order valence-corrected chi connectivity index (χ2v) is 4.08. The van der Waals surface area contributed by atoms with Gasteiger partial charge in [-0.2, -0.15) is 0 Å². The number of nitrogens with one attached hydrogen (secondary N) is 1. The molecular formula is C10H21N. The predicted octanol–water partition coefficient (Wildman–Crippen LogP) is 2.71. The van der Waals surface area contributed by atoms with E-state index in [9.17, 15) is 0 Å². The summed E-state index contributed by atoms with van der Waals surface area (Å²) in [4.78, 5) is 0. The molecule has 0 aromatic heterocycles. The van der Waals surface area contributed by atoms with Crippen molar-refractivity contribution in [2.24, 2.45) is 0 Å². The Morgan fingerprint density at radius 2 is 1.36 bits per heavy atom. The van der Waals surface area contributed by atoms with Crippen LogP contribution in [0.1, 0.15) is 51.9 Å². The molecule has 1 nitrogen and oxygen atoms in total. The van der Waals surface area contributed by atoms with Crippen LogP contribution in [-0.2, 0) is 0 Å². The Morgan fingerprint density at radius 3 is 1.82 bits per heavy atom. The van der Waals surface area contributed by atoms with Crippen molar-refractivity contribution in [2.75, 3.05) is 7.05 Å². The van der Waals surface area contributed by atoms with Crippen molar-refractivity contribution in [1.82, 2.24) is 5.32 Å². The van der Waals surface area contributed by atoms with Crippen LogP contribution in [0, 0.1) is 0 Å². The van der Waals surface area contributed by atoms with E-state index in [-0.39, 0.29) is 0 Å². The van der Waals surface area contributed by atoms with Crippen LogP contribution in [0.25, 0.3) is 0 Å². The summed E-state index contributed by atoms with van der Waals surface area (Å²) in [7, 11) is 2.10. The van der Waals surface area contributed by atoms with Gasteiger partial charge < -0.3 is 5.32 Å². The van der Waals surface area contributed by atoms with Gasteiger partial charge in [0.1, 0.15) is 0 Å². The molecule has 1 aliphatic rings. The van der Waals surface area contributed by atoms with Gasteiger partial charge in [-0.05, 0) is 26.8 Å². The lowest BCUT2D eigenvalue weighted by atomic mass is 9.86. The molecule has 0 bridgehead atoms. The molecule has 66 valence electrons. The Bertz CT molecular complexity index is 101. The molecule has 0 atom stereocenters. The van der Waals surface area contributed by atoms with Gasteiger partial charge in [0.15, 0.2) is 0 Å². The average Bonchev–Trinajstić information content (AvgIpc) is 1.98. The monoisotopic (exact) mass is 155 g/mol. The Morgan fingerprint density at radius 1 is 0.909 bits per heavy atom. The third-order valence-corrected chi connectivity index (χ3v) is 3.06. The largest absolute Gasteiger partial charge is 0.315 e. The van der Waals surface area contributed by atoms with Crippen LogP contribution in [0.15, 0.2) is 0 Å². The van der Waals surface area contributed by atoms with Crippen molar-refractivity contribution in [3.63, 3.8) is 0 Å². The zero-order valence-corrected chi connectivity index (χ0v) is 7.95. The van der Waals surface area contributed by atoms with Crippen LogP contribution in [0.2, 0.25) is 0 Å². The molecule has 0 aromatic rings. The Hall–Kier alpha value is -0.0400. The summed E-state index contributed by atoms with van der Waals surface area (Å²) >= 11 is 0. The lowest BCUT2D eigenvalue weighted by molar-refractivity contribution is 0.291. The first-order valence-corrected chi connectivity index (χ1v) is 4.96. The summed E-state index contributed by atoms with van der Waals surface area (Å²) in [5.74, 6) is 0. The Kier molecular flexibility index (Phi) is 3.38. The molecule has 1 aliphatic carbocycles. The summed E-state index contributed by atoms with van der Waals surface area (Å²) in [5.41, 5.74) is 0.445. The third kappa shape index (κ3) is 2.82. The molecule has 1 N–H and O–H groups in total. The molecular weight excluding hydrogens is 134 g/mol. The predicted molar refractivity (Wildman–Crippen MR) is 49.8 cm³/mol. The number of rotatable bonds is 1. The van der Waals surface area contributed by atoms with Crippen LogP contribution < -0.4 is 5.32 Å². The van der Waals surface area contributed by atoms with E-state index < -0.39 is 0 Å². The molecule has 1 fully saturated rings. The highest BCUT2D eigenvalue weighted by Gasteiger charge is 2.21. The van der Waals surface area contributed by atoms with E-state index >= 15 is 0 Å². The zero-order chi connectivity index (χ0) is 8.16. The van der Waals surface area contributed by atoms with Crippen molar-refractivity contribution in [3.8, 4) is 0 Å². The highest BCUT2D eigenvalue weighted by Crippen LogP contribution is 2.24. The van der Waals surface area contributed by atoms with Gasteiger partial charge in [-0.1, -0.05) is 32.1 Å². The summed E-state index contributed by atoms with van der Waals surface area (Å²) in [6.07, 6.45) is 9.90. The Labute approximate surface area is 70.6 Å². The standard InChI is InChI=1S/C10H21N/c1-10(11-2)8-6-4-3-5-7-9-10/h11H,3-9H2,1-2H3. The molecule has 0 radical (unpaired) electrons. The van der Waals surface area contributed by atoms with Crippen LogP contribution in [0.5, 0.6) is 0 Å². The molecule has 0 amide bonds. The molecule has 0 saturated heterocycles. The minimum Gasteiger partial charge on any atom is -0.315 e. The minimum atomic E-state index is 0.445. The normalized spacial score (nSPS) is 25.6. The van der Waals surface area contributed by atoms with Crippen molar-refractivity contribution in [1.29, 1.82) is 0 Å². The molecule has 0 aromatic carbocycles. The summed E-state index contributed by atoms with van der Waals surface area (Å²) in [5, 5.41) is 3.45. The molecule has 0 heterocycles. The smallest absolute Gasteiger partial charge is 0.0150 e. The molecule has 1 rings (SSSR count). The van der Waals surface area contributed by atoms with E-state index in [0.717, 1.165) is 0 Å². The van der Waals surface area contributed by atoms with Crippen molar-refractivity contribution in [3.05, 3.63) is 0 Å². The molecule has 0 spiro atoms. The summed E-state index contributed by atoms with van der Waals surface area (Å²) < 4.78 is 0. The first kappa shape index (κ1) is 9.05. The van der Waals surface area contributed by atoms with Crippen LogP contribution in [-0.4, -0.2) is 12.6 Å². The van der Waals surface area contributed by atoms with E-state index in [1.54, 1.807) is 0 Å². The van der Waals surface area contributed by atoms with Gasteiger partial charge in [0.2, 0.25) is 0 Å². The van der Waals surface area contributed by atoms with Crippen LogP contribution in [0.4, 0.5) is 0 Å². The lowest BCUT2D eigenvalue weighted by Gasteiger charge is -2.31. The highest BCUT2D eigenvalue weighted by molar-refractivity contribution is 4.82. The molecule has 11 heavy (non-hydrogen) atoms.